The van der Waals surface area contributed by atoms with Gasteiger partial charge in [-0.3, -0.25) is 9.59 Å². The summed E-state index contributed by atoms with van der Waals surface area (Å²) in [6, 6.07) is 7.16. The van der Waals surface area contributed by atoms with E-state index >= 15 is 0 Å². The van der Waals surface area contributed by atoms with Gasteiger partial charge in [-0.25, -0.2) is 0 Å². The molecule has 1 aromatic heterocycles. The maximum atomic E-state index is 12.8. The first-order valence-electron chi connectivity index (χ1n) is 11.6. The molecule has 178 valence electrons. The van der Waals surface area contributed by atoms with Crippen LogP contribution in [0.25, 0.3) is 5.69 Å². The van der Waals surface area contributed by atoms with Crippen LogP contribution in [0.1, 0.15) is 33.1 Å². The summed E-state index contributed by atoms with van der Waals surface area (Å²) in [4.78, 5) is 26.8. The predicted molar refractivity (Wildman–Crippen MR) is 127 cm³/mol. The van der Waals surface area contributed by atoms with E-state index in [4.69, 9.17) is 21.1 Å². The lowest BCUT2D eigenvalue weighted by molar-refractivity contribution is -0.133. The van der Waals surface area contributed by atoms with Gasteiger partial charge in [-0.05, 0) is 43.0 Å². The Hall–Kier alpha value is -2.58. The van der Waals surface area contributed by atoms with Gasteiger partial charge in [0.1, 0.15) is 16.9 Å². The Labute approximate surface area is 198 Å². The van der Waals surface area contributed by atoms with Crippen molar-refractivity contribution in [2.75, 3.05) is 38.2 Å². The highest BCUT2D eigenvalue weighted by Gasteiger charge is 2.28. The lowest BCUT2D eigenvalue weighted by atomic mass is 10.0. The van der Waals surface area contributed by atoms with Crippen molar-refractivity contribution in [2.45, 2.75) is 39.2 Å². The molecule has 1 N–H and O–H groups in total. The number of rotatable bonds is 7. The summed E-state index contributed by atoms with van der Waals surface area (Å²) >= 11 is 6.35. The molecule has 2 aromatic rings. The van der Waals surface area contributed by atoms with E-state index in [1.807, 2.05) is 18.7 Å². The number of benzene rings is 1. The zero-order valence-corrected chi connectivity index (χ0v) is 19.9. The van der Waals surface area contributed by atoms with Gasteiger partial charge in [0, 0.05) is 32.0 Å². The van der Waals surface area contributed by atoms with Crippen molar-refractivity contribution in [2.24, 2.45) is 11.8 Å². The number of halogens is 1. The third-order valence-electron chi connectivity index (χ3n) is 6.09. The smallest absolute Gasteiger partial charge is 0.292 e. The van der Waals surface area contributed by atoms with E-state index in [0.717, 1.165) is 32.5 Å². The highest BCUT2D eigenvalue weighted by molar-refractivity contribution is 6.32. The van der Waals surface area contributed by atoms with Gasteiger partial charge in [0.05, 0.1) is 30.7 Å². The van der Waals surface area contributed by atoms with Gasteiger partial charge in [-0.2, -0.15) is 9.78 Å². The highest BCUT2D eigenvalue weighted by Crippen LogP contribution is 2.23. The molecule has 2 aliphatic rings. The lowest BCUT2D eigenvalue weighted by Crippen LogP contribution is -2.33. The van der Waals surface area contributed by atoms with Gasteiger partial charge in [-0.1, -0.05) is 25.4 Å². The average Bonchev–Trinajstić information content (AvgIpc) is 3.29. The Morgan fingerprint density at radius 2 is 2.09 bits per heavy atom. The molecule has 4 rings (SSSR count). The van der Waals surface area contributed by atoms with E-state index in [1.165, 1.54) is 4.68 Å². The molecule has 33 heavy (non-hydrogen) atoms. The lowest BCUT2D eigenvalue weighted by Gasteiger charge is -2.22. The number of amides is 1. The SMILES string of the molecule is CC(C)C(=O)N1CC[C@H](Oc2ccc(-n3ncc(NC[C@H]4CCCOC4)c(Cl)c3=O)cc2)C1. The maximum Gasteiger partial charge on any atom is 0.292 e. The number of hydrogen-bond acceptors (Lipinski definition) is 6. The van der Waals surface area contributed by atoms with Crippen LogP contribution in [0.2, 0.25) is 5.02 Å². The Balaban J connectivity index is 1.38. The first-order valence-corrected chi connectivity index (χ1v) is 12.0. The van der Waals surface area contributed by atoms with E-state index in [1.54, 1.807) is 30.5 Å². The molecule has 8 nitrogen and oxygen atoms in total. The van der Waals surface area contributed by atoms with Crippen LogP contribution in [-0.2, 0) is 9.53 Å². The molecule has 0 aliphatic carbocycles. The number of nitrogens with one attached hydrogen (secondary N) is 1. The van der Waals surface area contributed by atoms with Crippen molar-refractivity contribution in [1.29, 1.82) is 0 Å². The Morgan fingerprint density at radius 1 is 1.30 bits per heavy atom. The molecular weight excluding hydrogens is 444 g/mol. The van der Waals surface area contributed by atoms with Gasteiger partial charge in [0.2, 0.25) is 5.91 Å². The second kappa shape index (κ2) is 10.6. The number of likely N-dealkylation sites (tertiary alicyclic amines) is 1. The molecule has 3 heterocycles. The molecule has 0 radical (unpaired) electrons. The van der Waals surface area contributed by atoms with Crippen molar-refractivity contribution < 1.29 is 14.3 Å². The quantitative estimate of drug-likeness (QED) is 0.662. The minimum Gasteiger partial charge on any atom is -0.489 e. The van der Waals surface area contributed by atoms with Gasteiger partial charge in [-0.15, -0.1) is 0 Å². The summed E-state index contributed by atoms with van der Waals surface area (Å²) in [7, 11) is 0. The highest BCUT2D eigenvalue weighted by atomic mass is 35.5. The number of anilines is 1. The minimum absolute atomic E-state index is 0.0106. The van der Waals surface area contributed by atoms with E-state index in [0.29, 0.717) is 42.7 Å². The minimum atomic E-state index is -0.381. The van der Waals surface area contributed by atoms with E-state index in [-0.39, 0.29) is 28.5 Å². The molecule has 2 aliphatic heterocycles. The van der Waals surface area contributed by atoms with Crippen molar-refractivity contribution in [3.05, 3.63) is 45.8 Å². The Bertz CT molecular complexity index is 1020. The number of ether oxygens (including phenoxy) is 2. The van der Waals surface area contributed by atoms with Crippen molar-refractivity contribution in [3.8, 4) is 11.4 Å². The zero-order chi connectivity index (χ0) is 23.4. The largest absolute Gasteiger partial charge is 0.489 e. The zero-order valence-electron chi connectivity index (χ0n) is 19.1. The summed E-state index contributed by atoms with van der Waals surface area (Å²) in [5.41, 5.74) is 0.753. The van der Waals surface area contributed by atoms with Crippen LogP contribution in [0.4, 0.5) is 5.69 Å². The number of hydrogen-bond donors (Lipinski definition) is 1. The normalized spacial score (nSPS) is 20.8. The molecule has 0 spiro atoms. The van der Waals surface area contributed by atoms with Gasteiger partial charge < -0.3 is 19.7 Å². The van der Waals surface area contributed by atoms with Crippen LogP contribution in [0, 0.1) is 11.8 Å². The van der Waals surface area contributed by atoms with Crippen LogP contribution in [-0.4, -0.2) is 59.5 Å². The number of carbonyl (C=O) groups is 1. The van der Waals surface area contributed by atoms with Crippen LogP contribution in [0.3, 0.4) is 0 Å². The van der Waals surface area contributed by atoms with Gasteiger partial charge in [0.15, 0.2) is 0 Å². The van der Waals surface area contributed by atoms with Gasteiger partial charge >= 0.3 is 0 Å². The van der Waals surface area contributed by atoms with Crippen LogP contribution < -0.4 is 15.6 Å². The molecule has 9 heteroatoms. The first kappa shape index (κ1) is 23.6. The summed E-state index contributed by atoms with van der Waals surface area (Å²) in [5, 5.41) is 7.64. The Morgan fingerprint density at radius 3 is 2.79 bits per heavy atom. The van der Waals surface area contributed by atoms with Crippen molar-refractivity contribution >= 4 is 23.2 Å². The number of aromatic nitrogens is 2. The molecule has 1 aromatic carbocycles. The maximum absolute atomic E-state index is 12.8. The standard InChI is InChI=1S/C24H31ClN4O4/c1-16(2)23(30)28-10-9-20(14-28)33-19-7-5-18(6-8-19)29-24(31)22(25)21(13-27-29)26-12-17-4-3-11-32-15-17/h5-8,13,16-17,20,26H,3-4,9-12,14-15H2,1-2H3/t17-,20+/m1/s1. The first-order chi connectivity index (χ1) is 15.9. The van der Waals surface area contributed by atoms with E-state index < -0.39 is 0 Å². The van der Waals surface area contributed by atoms with Crippen LogP contribution in [0.5, 0.6) is 5.75 Å². The molecule has 2 atom stereocenters. The number of carbonyl (C=O) groups excluding carboxylic acids is 1. The van der Waals surface area contributed by atoms with Crippen LogP contribution >= 0.6 is 11.6 Å². The van der Waals surface area contributed by atoms with Crippen molar-refractivity contribution in [1.82, 2.24) is 14.7 Å². The molecular formula is C24H31ClN4O4. The molecule has 0 unspecified atom stereocenters. The molecule has 1 amide bonds. The van der Waals surface area contributed by atoms with Crippen molar-refractivity contribution in [3.63, 3.8) is 0 Å². The average molecular weight is 475 g/mol. The fourth-order valence-corrected chi connectivity index (χ4v) is 4.41. The van der Waals surface area contributed by atoms with Gasteiger partial charge in [0.25, 0.3) is 5.56 Å². The monoisotopic (exact) mass is 474 g/mol. The molecule has 2 fully saturated rings. The summed E-state index contributed by atoms with van der Waals surface area (Å²) in [6.07, 6.45) is 4.49. The molecule has 2 saturated heterocycles. The molecule has 0 saturated carbocycles. The third kappa shape index (κ3) is 5.68. The fourth-order valence-electron chi connectivity index (χ4n) is 4.21. The predicted octanol–water partition coefficient (Wildman–Crippen LogP) is 3.36. The summed E-state index contributed by atoms with van der Waals surface area (Å²) in [6.45, 7) is 7.35. The second-order valence-electron chi connectivity index (χ2n) is 9.01. The molecule has 0 bridgehead atoms. The number of nitrogens with zero attached hydrogens (tertiary/aromatic N) is 3. The third-order valence-corrected chi connectivity index (χ3v) is 6.45. The summed E-state index contributed by atoms with van der Waals surface area (Å²) < 4.78 is 12.8. The topological polar surface area (TPSA) is 85.7 Å². The Kier molecular flexibility index (Phi) is 7.55. The fraction of sp³-hybridized carbons (Fsp3) is 0.542. The second-order valence-corrected chi connectivity index (χ2v) is 9.39. The van der Waals surface area contributed by atoms with Crippen LogP contribution in [0.15, 0.2) is 35.3 Å². The van der Waals surface area contributed by atoms with E-state index in [2.05, 4.69) is 10.4 Å². The summed E-state index contributed by atoms with van der Waals surface area (Å²) in [5.74, 6) is 1.24. The van der Waals surface area contributed by atoms with E-state index in [9.17, 15) is 9.59 Å².